The predicted octanol–water partition coefficient (Wildman–Crippen LogP) is 4.03. The van der Waals surface area contributed by atoms with Gasteiger partial charge in [-0.05, 0) is 62.8 Å². The minimum absolute atomic E-state index is 0.0889. The molecular weight excluding hydrogens is 470 g/mol. The number of aliphatic hydroxyl groups excluding tert-OH is 1. The van der Waals surface area contributed by atoms with Crippen LogP contribution in [-0.4, -0.2) is 52.7 Å². The first-order valence-electron chi connectivity index (χ1n) is 12.6. The summed E-state index contributed by atoms with van der Waals surface area (Å²) in [6.45, 7) is 12.6. The smallest absolute Gasteiger partial charge is 0.408 e. The van der Waals surface area contributed by atoms with Crippen molar-refractivity contribution in [3.05, 3.63) is 70.8 Å². The van der Waals surface area contributed by atoms with E-state index >= 15 is 0 Å². The van der Waals surface area contributed by atoms with E-state index in [1.54, 1.807) is 34.6 Å². The molecule has 0 aliphatic carbocycles. The van der Waals surface area contributed by atoms with Crippen LogP contribution in [0.2, 0.25) is 0 Å². The minimum atomic E-state index is -1.01. The van der Waals surface area contributed by atoms with Gasteiger partial charge in [0.2, 0.25) is 11.8 Å². The summed E-state index contributed by atoms with van der Waals surface area (Å²) in [5, 5.41) is 15.5. The molecule has 0 radical (unpaired) electrons. The quantitative estimate of drug-likeness (QED) is 0.446. The molecule has 2 atom stereocenters. The highest BCUT2D eigenvalue weighted by molar-refractivity contribution is 5.92. The molecule has 2 rings (SSSR count). The number of carbonyl (C=O) groups excluding carboxylic acids is 3. The molecule has 8 nitrogen and oxygen atoms in total. The number of amides is 3. The molecule has 0 bridgehead atoms. The van der Waals surface area contributed by atoms with Crippen molar-refractivity contribution in [1.29, 1.82) is 0 Å². The molecule has 0 saturated carbocycles. The lowest BCUT2D eigenvalue weighted by Gasteiger charge is -2.35. The summed E-state index contributed by atoms with van der Waals surface area (Å²) >= 11 is 0. The van der Waals surface area contributed by atoms with E-state index in [0.717, 1.165) is 16.7 Å². The summed E-state index contributed by atoms with van der Waals surface area (Å²) in [6, 6.07) is 13.1. The third kappa shape index (κ3) is 8.89. The van der Waals surface area contributed by atoms with Crippen molar-refractivity contribution in [3.63, 3.8) is 0 Å². The highest BCUT2D eigenvalue weighted by Gasteiger charge is 2.37. The van der Waals surface area contributed by atoms with Gasteiger partial charge in [0.25, 0.3) is 0 Å². The van der Waals surface area contributed by atoms with Crippen LogP contribution >= 0.6 is 0 Å². The maximum Gasteiger partial charge on any atom is 0.408 e. The predicted molar refractivity (Wildman–Crippen MR) is 144 cm³/mol. The first kappa shape index (κ1) is 29.8. The molecule has 0 heterocycles. The third-order valence-electron chi connectivity index (χ3n) is 5.95. The van der Waals surface area contributed by atoms with Crippen LogP contribution < -0.4 is 10.6 Å². The second-order valence-corrected chi connectivity index (χ2v) is 10.6. The number of hydrogen-bond donors (Lipinski definition) is 3. The van der Waals surface area contributed by atoms with Gasteiger partial charge in [0, 0.05) is 13.1 Å². The summed E-state index contributed by atoms with van der Waals surface area (Å²) in [5.74, 6) is -1.16. The van der Waals surface area contributed by atoms with E-state index in [4.69, 9.17) is 4.74 Å². The van der Waals surface area contributed by atoms with Gasteiger partial charge < -0.3 is 25.4 Å². The van der Waals surface area contributed by atoms with Crippen molar-refractivity contribution in [2.75, 3.05) is 13.2 Å². The maximum absolute atomic E-state index is 13.9. The van der Waals surface area contributed by atoms with Crippen LogP contribution in [0.25, 0.3) is 0 Å². The second kappa shape index (κ2) is 13.2. The van der Waals surface area contributed by atoms with Crippen LogP contribution in [0.1, 0.15) is 62.9 Å². The minimum Gasteiger partial charge on any atom is -0.444 e. The average molecular weight is 512 g/mol. The summed E-state index contributed by atoms with van der Waals surface area (Å²) in [7, 11) is 0. The van der Waals surface area contributed by atoms with Gasteiger partial charge >= 0.3 is 6.09 Å². The van der Waals surface area contributed by atoms with E-state index < -0.39 is 29.7 Å². The largest absolute Gasteiger partial charge is 0.444 e. The highest BCUT2D eigenvalue weighted by Crippen LogP contribution is 2.26. The van der Waals surface area contributed by atoms with Crippen molar-refractivity contribution in [1.82, 2.24) is 15.5 Å². The van der Waals surface area contributed by atoms with Crippen LogP contribution in [0.3, 0.4) is 0 Å². The Labute approximate surface area is 220 Å². The lowest BCUT2D eigenvalue weighted by molar-refractivity contribution is -0.144. The lowest BCUT2D eigenvalue weighted by Crippen LogP contribution is -2.55. The van der Waals surface area contributed by atoms with Crippen LogP contribution in [0.15, 0.2) is 48.5 Å². The summed E-state index contributed by atoms with van der Waals surface area (Å²) in [4.78, 5) is 41.4. The zero-order valence-corrected chi connectivity index (χ0v) is 23.0. The normalized spacial score (nSPS) is 13.0. The number of benzene rings is 2. The van der Waals surface area contributed by atoms with Gasteiger partial charge in [-0.15, -0.1) is 0 Å². The molecule has 37 heavy (non-hydrogen) atoms. The molecule has 202 valence electrons. The molecular formula is C29H41N3O5. The number of carbonyl (C=O) groups is 3. The van der Waals surface area contributed by atoms with Crippen molar-refractivity contribution in [2.24, 2.45) is 5.92 Å². The molecule has 3 amide bonds. The molecule has 2 unspecified atom stereocenters. The molecule has 8 heteroatoms. The van der Waals surface area contributed by atoms with Gasteiger partial charge in [-0.1, -0.05) is 62.4 Å². The Kier molecular flexibility index (Phi) is 10.7. The van der Waals surface area contributed by atoms with Gasteiger partial charge in [0.05, 0.1) is 6.61 Å². The fourth-order valence-electron chi connectivity index (χ4n) is 3.89. The molecule has 0 fully saturated rings. The fourth-order valence-corrected chi connectivity index (χ4v) is 3.89. The number of nitrogens with zero attached hydrogens (tertiary/aromatic N) is 1. The number of aryl methyl sites for hydroxylation is 2. The number of rotatable bonds is 10. The molecule has 0 spiro atoms. The SMILES string of the molecule is Cc1ccc(C(C(=O)NCc2ccccc2)N(CCO)C(=O)C(NC(=O)OC(C)(C)C)C(C)C)cc1C. The molecule has 0 saturated heterocycles. The number of ether oxygens (including phenoxy) is 1. The Bertz CT molecular complexity index is 1060. The van der Waals surface area contributed by atoms with Gasteiger partial charge in [-0.25, -0.2) is 4.79 Å². The third-order valence-corrected chi connectivity index (χ3v) is 5.95. The Balaban J connectivity index is 2.44. The topological polar surface area (TPSA) is 108 Å². The summed E-state index contributed by atoms with van der Waals surface area (Å²) < 4.78 is 5.37. The Morgan fingerprint density at radius 1 is 1.00 bits per heavy atom. The highest BCUT2D eigenvalue weighted by atomic mass is 16.6. The van der Waals surface area contributed by atoms with Crippen LogP contribution in [0.5, 0.6) is 0 Å². The number of hydrogen-bond acceptors (Lipinski definition) is 5. The van der Waals surface area contributed by atoms with Crippen LogP contribution in [0.4, 0.5) is 4.79 Å². The van der Waals surface area contributed by atoms with Crippen molar-refractivity contribution in [2.45, 2.75) is 72.7 Å². The molecule has 3 N–H and O–H groups in total. The van der Waals surface area contributed by atoms with Crippen LogP contribution in [0, 0.1) is 19.8 Å². The zero-order valence-electron chi connectivity index (χ0n) is 23.0. The number of aliphatic hydroxyl groups is 1. The Morgan fingerprint density at radius 3 is 2.19 bits per heavy atom. The fraction of sp³-hybridized carbons (Fsp3) is 0.483. The maximum atomic E-state index is 13.9. The van der Waals surface area contributed by atoms with E-state index in [1.165, 1.54) is 4.90 Å². The average Bonchev–Trinajstić information content (AvgIpc) is 2.82. The van der Waals surface area contributed by atoms with Gasteiger partial charge in [0.15, 0.2) is 0 Å². The van der Waals surface area contributed by atoms with Gasteiger partial charge in [0.1, 0.15) is 17.7 Å². The molecule has 0 aromatic heterocycles. The zero-order chi connectivity index (χ0) is 27.8. The van der Waals surface area contributed by atoms with Crippen molar-refractivity contribution >= 4 is 17.9 Å². The van der Waals surface area contributed by atoms with E-state index in [9.17, 15) is 19.5 Å². The lowest BCUT2D eigenvalue weighted by atomic mass is 9.96. The summed E-state index contributed by atoms with van der Waals surface area (Å²) in [6.07, 6.45) is -0.722. The van der Waals surface area contributed by atoms with E-state index in [0.29, 0.717) is 5.56 Å². The molecule has 2 aromatic carbocycles. The van der Waals surface area contributed by atoms with Crippen molar-refractivity contribution in [3.8, 4) is 0 Å². The van der Waals surface area contributed by atoms with E-state index in [1.807, 2.05) is 62.4 Å². The van der Waals surface area contributed by atoms with E-state index in [2.05, 4.69) is 10.6 Å². The molecule has 2 aromatic rings. The monoisotopic (exact) mass is 511 g/mol. The Morgan fingerprint density at radius 2 is 1.65 bits per heavy atom. The standard InChI is InChI=1S/C29H41N3O5/c1-19(2)24(31-28(36)37-29(5,6)7)27(35)32(15-16-33)25(23-14-13-20(3)21(4)17-23)26(34)30-18-22-11-9-8-10-12-22/h8-14,17,19,24-25,33H,15-16,18H2,1-7H3,(H,30,34)(H,31,36). The summed E-state index contributed by atoms with van der Waals surface area (Å²) in [5.41, 5.74) is 2.83. The first-order valence-corrected chi connectivity index (χ1v) is 12.6. The number of nitrogens with one attached hydrogen (secondary N) is 2. The Hall–Kier alpha value is -3.39. The van der Waals surface area contributed by atoms with Crippen LogP contribution in [-0.2, 0) is 20.9 Å². The van der Waals surface area contributed by atoms with Crippen molar-refractivity contribution < 1.29 is 24.2 Å². The molecule has 0 aliphatic heterocycles. The van der Waals surface area contributed by atoms with E-state index in [-0.39, 0.29) is 31.5 Å². The van der Waals surface area contributed by atoms with Gasteiger partial charge in [-0.3, -0.25) is 9.59 Å². The first-order chi connectivity index (χ1) is 17.3. The molecule has 0 aliphatic rings. The number of alkyl carbamates (subject to hydrolysis) is 1. The van der Waals surface area contributed by atoms with Gasteiger partial charge in [-0.2, -0.15) is 0 Å². The second-order valence-electron chi connectivity index (χ2n) is 10.6.